The second-order valence-corrected chi connectivity index (χ2v) is 5.89. The van der Waals surface area contributed by atoms with Crippen LogP contribution in [0.15, 0.2) is 12.1 Å². The van der Waals surface area contributed by atoms with Gasteiger partial charge in [-0.05, 0) is 31.0 Å². The zero-order valence-corrected chi connectivity index (χ0v) is 14.2. The molecule has 1 aromatic rings. The standard InChI is InChI=1S/C16H24N2O3.ClH/c1-19-14-5-16(21-3)15(20-2)4-11(14)8-18-9-12-6-17-7-13(12)10-18;/h4-5,12-13,17H,6-10H2,1-3H3;1H/t12-,13+;. The first-order chi connectivity index (χ1) is 10.2. The van der Waals surface area contributed by atoms with Crippen LogP contribution in [0.2, 0.25) is 0 Å². The van der Waals surface area contributed by atoms with Crippen LogP contribution in [0.5, 0.6) is 17.2 Å². The van der Waals surface area contributed by atoms with Crippen LogP contribution < -0.4 is 19.5 Å². The van der Waals surface area contributed by atoms with E-state index in [1.807, 2.05) is 12.1 Å². The lowest BCUT2D eigenvalue weighted by atomic mass is 10.0. The molecule has 0 aliphatic carbocycles. The molecule has 2 atom stereocenters. The van der Waals surface area contributed by atoms with Crippen LogP contribution in [-0.4, -0.2) is 52.4 Å². The van der Waals surface area contributed by atoms with Crippen molar-refractivity contribution in [3.05, 3.63) is 17.7 Å². The summed E-state index contributed by atoms with van der Waals surface area (Å²) in [7, 11) is 5.01. The summed E-state index contributed by atoms with van der Waals surface area (Å²) in [6, 6.07) is 3.94. The SMILES string of the molecule is COc1cc(OC)c(OC)cc1CN1C[C@H]2CNC[C@H]2C1.Cl. The average molecular weight is 329 g/mol. The van der Waals surface area contributed by atoms with Crippen molar-refractivity contribution < 1.29 is 14.2 Å². The summed E-state index contributed by atoms with van der Waals surface area (Å²) in [5, 5.41) is 3.48. The number of nitrogens with zero attached hydrogens (tertiary/aromatic N) is 1. The summed E-state index contributed by atoms with van der Waals surface area (Å²) < 4.78 is 16.3. The smallest absolute Gasteiger partial charge is 0.164 e. The second-order valence-electron chi connectivity index (χ2n) is 5.89. The number of benzene rings is 1. The number of ether oxygens (including phenoxy) is 3. The Morgan fingerprint density at radius 3 is 2.05 bits per heavy atom. The van der Waals surface area contributed by atoms with Crippen molar-refractivity contribution in [2.75, 3.05) is 47.5 Å². The van der Waals surface area contributed by atoms with E-state index in [0.29, 0.717) is 5.75 Å². The van der Waals surface area contributed by atoms with E-state index in [1.165, 1.54) is 0 Å². The predicted octanol–water partition coefficient (Wildman–Crippen LogP) is 1.79. The number of likely N-dealkylation sites (tertiary alicyclic amines) is 1. The van der Waals surface area contributed by atoms with Gasteiger partial charge in [-0.25, -0.2) is 0 Å². The normalized spacial score (nSPS) is 23.8. The Morgan fingerprint density at radius 2 is 1.50 bits per heavy atom. The van der Waals surface area contributed by atoms with Gasteiger partial charge in [0.05, 0.1) is 21.3 Å². The maximum Gasteiger partial charge on any atom is 0.164 e. The molecule has 2 aliphatic heterocycles. The Balaban J connectivity index is 0.00000176. The van der Waals surface area contributed by atoms with Crippen LogP contribution in [0, 0.1) is 11.8 Å². The number of hydrogen-bond donors (Lipinski definition) is 1. The first-order valence-electron chi connectivity index (χ1n) is 7.47. The molecular weight excluding hydrogens is 304 g/mol. The van der Waals surface area contributed by atoms with Crippen LogP contribution in [0.4, 0.5) is 0 Å². The Labute approximate surface area is 138 Å². The lowest BCUT2D eigenvalue weighted by Crippen LogP contribution is -2.25. The molecule has 0 unspecified atom stereocenters. The summed E-state index contributed by atoms with van der Waals surface area (Å²) in [5.41, 5.74) is 1.16. The molecule has 2 saturated heterocycles. The van der Waals surface area contributed by atoms with E-state index >= 15 is 0 Å². The van der Waals surface area contributed by atoms with Crippen molar-refractivity contribution in [2.45, 2.75) is 6.54 Å². The van der Waals surface area contributed by atoms with Crippen molar-refractivity contribution in [1.82, 2.24) is 10.2 Å². The minimum Gasteiger partial charge on any atom is -0.496 e. The van der Waals surface area contributed by atoms with Gasteiger partial charge >= 0.3 is 0 Å². The Kier molecular flexibility index (Phi) is 5.78. The van der Waals surface area contributed by atoms with Gasteiger partial charge in [-0.15, -0.1) is 12.4 Å². The van der Waals surface area contributed by atoms with Gasteiger partial charge in [-0.1, -0.05) is 0 Å². The molecule has 2 aliphatic rings. The highest BCUT2D eigenvalue weighted by Crippen LogP contribution is 2.36. The maximum atomic E-state index is 5.52. The molecule has 5 nitrogen and oxygen atoms in total. The average Bonchev–Trinajstić information content (AvgIpc) is 3.07. The first kappa shape index (κ1) is 17.2. The summed E-state index contributed by atoms with van der Waals surface area (Å²) in [6.45, 7) is 5.54. The third-order valence-corrected chi connectivity index (χ3v) is 4.65. The molecule has 0 radical (unpaired) electrons. The van der Waals surface area contributed by atoms with Gasteiger partial charge in [0, 0.05) is 31.3 Å². The summed E-state index contributed by atoms with van der Waals surface area (Å²) in [4.78, 5) is 2.51. The highest BCUT2D eigenvalue weighted by Gasteiger charge is 2.36. The third kappa shape index (κ3) is 3.26. The van der Waals surface area contributed by atoms with Crippen LogP contribution in [0.1, 0.15) is 5.56 Å². The molecule has 6 heteroatoms. The van der Waals surface area contributed by atoms with Crippen molar-refractivity contribution in [3.63, 3.8) is 0 Å². The number of hydrogen-bond acceptors (Lipinski definition) is 5. The minimum atomic E-state index is 0. The Hall–Kier alpha value is -1.17. The van der Waals surface area contributed by atoms with E-state index in [2.05, 4.69) is 10.2 Å². The molecule has 0 spiro atoms. The van der Waals surface area contributed by atoms with Crippen molar-refractivity contribution >= 4 is 12.4 Å². The van der Waals surface area contributed by atoms with E-state index in [-0.39, 0.29) is 12.4 Å². The van der Waals surface area contributed by atoms with E-state index < -0.39 is 0 Å². The van der Waals surface area contributed by atoms with E-state index in [4.69, 9.17) is 14.2 Å². The van der Waals surface area contributed by atoms with Gasteiger partial charge < -0.3 is 19.5 Å². The minimum absolute atomic E-state index is 0. The molecule has 0 saturated carbocycles. The summed E-state index contributed by atoms with van der Waals surface area (Å²) in [5.74, 6) is 3.94. The van der Waals surface area contributed by atoms with Crippen LogP contribution in [-0.2, 0) is 6.54 Å². The Bertz CT molecular complexity index is 500. The van der Waals surface area contributed by atoms with E-state index in [0.717, 1.165) is 61.6 Å². The topological polar surface area (TPSA) is 43.0 Å². The molecular formula is C16H25ClN2O3. The Morgan fingerprint density at radius 1 is 0.955 bits per heavy atom. The summed E-state index contributed by atoms with van der Waals surface area (Å²) in [6.07, 6.45) is 0. The van der Waals surface area contributed by atoms with Crippen molar-refractivity contribution in [3.8, 4) is 17.2 Å². The monoisotopic (exact) mass is 328 g/mol. The number of methoxy groups -OCH3 is 3. The molecule has 1 N–H and O–H groups in total. The fourth-order valence-corrected chi connectivity index (χ4v) is 3.54. The van der Waals surface area contributed by atoms with Crippen molar-refractivity contribution in [1.29, 1.82) is 0 Å². The van der Waals surface area contributed by atoms with Gasteiger partial charge in [0.1, 0.15) is 5.75 Å². The highest BCUT2D eigenvalue weighted by molar-refractivity contribution is 5.85. The predicted molar refractivity (Wildman–Crippen MR) is 88.5 cm³/mol. The maximum absolute atomic E-state index is 5.52. The van der Waals surface area contributed by atoms with Crippen LogP contribution in [0.25, 0.3) is 0 Å². The lowest BCUT2D eigenvalue weighted by Gasteiger charge is -2.20. The molecule has 0 bridgehead atoms. The third-order valence-electron chi connectivity index (χ3n) is 4.65. The highest BCUT2D eigenvalue weighted by atomic mass is 35.5. The molecule has 2 heterocycles. The van der Waals surface area contributed by atoms with Crippen LogP contribution >= 0.6 is 12.4 Å². The number of halogens is 1. The summed E-state index contributed by atoms with van der Waals surface area (Å²) >= 11 is 0. The number of rotatable bonds is 5. The van der Waals surface area contributed by atoms with Crippen molar-refractivity contribution in [2.24, 2.45) is 11.8 Å². The van der Waals surface area contributed by atoms with Gasteiger partial charge in [0.15, 0.2) is 11.5 Å². The number of nitrogens with one attached hydrogen (secondary N) is 1. The van der Waals surface area contributed by atoms with Gasteiger partial charge in [0.2, 0.25) is 0 Å². The molecule has 0 aromatic heterocycles. The van der Waals surface area contributed by atoms with Gasteiger partial charge in [-0.2, -0.15) is 0 Å². The van der Waals surface area contributed by atoms with Gasteiger partial charge in [-0.3, -0.25) is 4.90 Å². The molecule has 0 amide bonds. The largest absolute Gasteiger partial charge is 0.496 e. The molecule has 22 heavy (non-hydrogen) atoms. The molecule has 1 aromatic carbocycles. The zero-order chi connectivity index (χ0) is 14.8. The number of fused-ring (bicyclic) bond motifs is 1. The first-order valence-corrected chi connectivity index (χ1v) is 7.47. The lowest BCUT2D eigenvalue weighted by molar-refractivity contribution is 0.295. The molecule has 2 fully saturated rings. The fraction of sp³-hybridized carbons (Fsp3) is 0.625. The zero-order valence-electron chi connectivity index (χ0n) is 13.4. The molecule has 124 valence electrons. The van der Waals surface area contributed by atoms with E-state index in [1.54, 1.807) is 21.3 Å². The molecule has 3 rings (SSSR count). The second kappa shape index (κ2) is 7.40. The quantitative estimate of drug-likeness (QED) is 0.892. The van der Waals surface area contributed by atoms with E-state index in [9.17, 15) is 0 Å². The van der Waals surface area contributed by atoms with Gasteiger partial charge in [0.25, 0.3) is 0 Å². The fourth-order valence-electron chi connectivity index (χ4n) is 3.54. The van der Waals surface area contributed by atoms with Crippen LogP contribution in [0.3, 0.4) is 0 Å².